The molecular weight excluding hydrogens is 306 g/mol. The van der Waals surface area contributed by atoms with Gasteiger partial charge in [-0.2, -0.15) is 0 Å². The van der Waals surface area contributed by atoms with Gasteiger partial charge in [-0.3, -0.25) is 0 Å². The third-order valence-electron chi connectivity index (χ3n) is 3.65. The molecule has 4 nitrogen and oxygen atoms in total. The number of aromatic nitrogens is 2. The van der Waals surface area contributed by atoms with Gasteiger partial charge < -0.3 is 10.1 Å². The first kappa shape index (κ1) is 14.7. The fourth-order valence-corrected chi connectivity index (χ4v) is 3.33. The molecule has 1 fully saturated rings. The predicted octanol–water partition coefficient (Wildman–Crippen LogP) is 3.52. The molecule has 1 aliphatic rings. The van der Waals surface area contributed by atoms with E-state index in [1.54, 1.807) is 7.11 Å². The fraction of sp³-hybridized carbons (Fsp3) is 0.714. The van der Waals surface area contributed by atoms with E-state index in [1.165, 1.54) is 31.4 Å². The first-order chi connectivity index (χ1) is 9.26. The second-order valence-electron chi connectivity index (χ2n) is 5.02. The molecular formula is C14H22BrN3O. The Hall–Kier alpha value is -0.680. The summed E-state index contributed by atoms with van der Waals surface area (Å²) in [4.78, 5) is 9.35. The van der Waals surface area contributed by atoms with Gasteiger partial charge in [0.2, 0.25) is 0 Å². The van der Waals surface area contributed by atoms with Crippen LogP contribution in [0.5, 0.6) is 0 Å². The van der Waals surface area contributed by atoms with Crippen LogP contribution < -0.4 is 5.32 Å². The van der Waals surface area contributed by atoms with Crippen LogP contribution in [0.1, 0.15) is 49.5 Å². The summed E-state index contributed by atoms with van der Waals surface area (Å²) in [6.07, 6.45) is 6.96. The van der Waals surface area contributed by atoms with Crippen molar-refractivity contribution in [1.29, 1.82) is 0 Å². The number of hydrogen-bond donors (Lipinski definition) is 1. The maximum Gasteiger partial charge on any atom is 0.144 e. The highest BCUT2D eigenvalue weighted by Gasteiger charge is 2.23. The summed E-state index contributed by atoms with van der Waals surface area (Å²) >= 11 is 3.66. The summed E-state index contributed by atoms with van der Waals surface area (Å²) in [6, 6.07) is 0. The smallest absolute Gasteiger partial charge is 0.144 e. The second kappa shape index (κ2) is 7.20. The van der Waals surface area contributed by atoms with Crippen LogP contribution >= 0.6 is 15.9 Å². The zero-order valence-corrected chi connectivity index (χ0v) is 13.3. The number of methoxy groups -OCH3 is 1. The lowest BCUT2D eigenvalue weighted by Gasteiger charge is -2.15. The fourth-order valence-electron chi connectivity index (χ4n) is 2.63. The molecule has 2 rings (SSSR count). The highest BCUT2D eigenvalue weighted by atomic mass is 79.9. The molecule has 0 bridgehead atoms. The summed E-state index contributed by atoms with van der Waals surface area (Å²) in [5.41, 5.74) is 1.18. The van der Waals surface area contributed by atoms with E-state index in [1.807, 2.05) is 7.05 Å². The molecule has 0 amide bonds. The minimum absolute atomic E-state index is 0.589. The first-order valence-electron chi connectivity index (χ1n) is 6.99. The number of aryl methyl sites for hydroxylation is 1. The monoisotopic (exact) mass is 327 g/mol. The third-order valence-corrected chi connectivity index (χ3v) is 4.43. The van der Waals surface area contributed by atoms with Crippen molar-refractivity contribution in [2.45, 2.75) is 44.4 Å². The Morgan fingerprint density at radius 2 is 2.05 bits per heavy atom. The van der Waals surface area contributed by atoms with Crippen molar-refractivity contribution >= 4 is 21.7 Å². The molecule has 5 heteroatoms. The van der Waals surface area contributed by atoms with Gasteiger partial charge in [-0.25, -0.2) is 9.97 Å². The van der Waals surface area contributed by atoms with Gasteiger partial charge in [-0.15, -0.1) is 0 Å². The minimum atomic E-state index is 0.589. The summed E-state index contributed by atoms with van der Waals surface area (Å²) in [5.74, 6) is 2.42. The number of halogens is 1. The Balaban J connectivity index is 2.21. The lowest BCUT2D eigenvalue weighted by atomic mass is 10.0. The Bertz CT molecular complexity index is 419. The van der Waals surface area contributed by atoms with Crippen molar-refractivity contribution in [1.82, 2.24) is 9.97 Å². The molecule has 0 aliphatic heterocycles. The number of hydrogen-bond acceptors (Lipinski definition) is 4. The third kappa shape index (κ3) is 3.66. The van der Waals surface area contributed by atoms with E-state index in [2.05, 4.69) is 26.2 Å². The summed E-state index contributed by atoms with van der Waals surface area (Å²) in [7, 11) is 3.63. The van der Waals surface area contributed by atoms with Crippen molar-refractivity contribution in [3.8, 4) is 0 Å². The molecule has 1 aromatic rings. The van der Waals surface area contributed by atoms with Crippen LogP contribution in [-0.2, 0) is 11.2 Å². The average molecular weight is 328 g/mol. The molecule has 106 valence electrons. The van der Waals surface area contributed by atoms with Gasteiger partial charge in [0.15, 0.2) is 0 Å². The quantitative estimate of drug-likeness (QED) is 0.812. The molecule has 0 aromatic carbocycles. The van der Waals surface area contributed by atoms with E-state index >= 15 is 0 Å². The van der Waals surface area contributed by atoms with E-state index in [0.29, 0.717) is 5.92 Å². The van der Waals surface area contributed by atoms with Crippen LogP contribution in [0.3, 0.4) is 0 Å². The summed E-state index contributed by atoms with van der Waals surface area (Å²) in [5, 5.41) is 3.16. The molecule has 0 spiro atoms. The van der Waals surface area contributed by atoms with Crippen LogP contribution in [0.4, 0.5) is 5.82 Å². The molecule has 0 radical (unpaired) electrons. The van der Waals surface area contributed by atoms with Crippen molar-refractivity contribution in [3.63, 3.8) is 0 Å². The van der Waals surface area contributed by atoms with Gasteiger partial charge in [-0.1, -0.05) is 12.8 Å². The van der Waals surface area contributed by atoms with Gasteiger partial charge in [-0.05, 0) is 35.2 Å². The molecule has 1 aliphatic carbocycles. The highest BCUT2D eigenvalue weighted by Crippen LogP contribution is 2.38. The molecule has 19 heavy (non-hydrogen) atoms. The van der Waals surface area contributed by atoms with E-state index in [9.17, 15) is 0 Å². The maximum absolute atomic E-state index is 5.09. The van der Waals surface area contributed by atoms with Crippen LogP contribution in [0, 0.1) is 0 Å². The topological polar surface area (TPSA) is 47.0 Å². The van der Waals surface area contributed by atoms with Crippen LogP contribution in [-0.4, -0.2) is 30.7 Å². The summed E-state index contributed by atoms with van der Waals surface area (Å²) < 4.78 is 6.13. The number of nitrogens with one attached hydrogen (secondary N) is 1. The van der Waals surface area contributed by atoms with Crippen molar-refractivity contribution < 1.29 is 4.74 Å². The van der Waals surface area contributed by atoms with Crippen molar-refractivity contribution in [3.05, 3.63) is 16.0 Å². The van der Waals surface area contributed by atoms with E-state index < -0.39 is 0 Å². The Morgan fingerprint density at radius 1 is 1.32 bits per heavy atom. The maximum atomic E-state index is 5.09. The minimum Gasteiger partial charge on any atom is -0.385 e. The molecule has 1 saturated carbocycles. The molecule has 0 unspecified atom stereocenters. The molecule has 1 aromatic heterocycles. The zero-order valence-electron chi connectivity index (χ0n) is 11.7. The van der Waals surface area contributed by atoms with Crippen LogP contribution in [0.15, 0.2) is 4.47 Å². The average Bonchev–Trinajstić information content (AvgIpc) is 2.94. The van der Waals surface area contributed by atoms with Gasteiger partial charge in [0.1, 0.15) is 11.6 Å². The SMILES string of the molecule is CNc1nc(CCCOC)nc(C2CCCC2)c1Br. The van der Waals surface area contributed by atoms with Gasteiger partial charge in [0, 0.05) is 33.1 Å². The van der Waals surface area contributed by atoms with E-state index in [-0.39, 0.29) is 0 Å². The number of nitrogens with zero attached hydrogens (tertiary/aromatic N) is 2. The second-order valence-corrected chi connectivity index (χ2v) is 5.81. The molecule has 1 heterocycles. The van der Waals surface area contributed by atoms with Gasteiger partial charge >= 0.3 is 0 Å². The Labute approximate surface area is 123 Å². The first-order valence-corrected chi connectivity index (χ1v) is 7.78. The lowest BCUT2D eigenvalue weighted by Crippen LogP contribution is -2.09. The normalized spacial score (nSPS) is 15.9. The van der Waals surface area contributed by atoms with Crippen molar-refractivity contribution in [2.75, 3.05) is 26.1 Å². The molecule has 0 saturated heterocycles. The van der Waals surface area contributed by atoms with Gasteiger partial charge in [0.25, 0.3) is 0 Å². The Kier molecular flexibility index (Phi) is 5.58. The van der Waals surface area contributed by atoms with Gasteiger partial charge in [0.05, 0.1) is 10.2 Å². The van der Waals surface area contributed by atoms with Crippen molar-refractivity contribution in [2.24, 2.45) is 0 Å². The predicted molar refractivity (Wildman–Crippen MR) is 80.7 cm³/mol. The van der Waals surface area contributed by atoms with Crippen LogP contribution in [0.2, 0.25) is 0 Å². The van der Waals surface area contributed by atoms with E-state index in [4.69, 9.17) is 9.72 Å². The zero-order chi connectivity index (χ0) is 13.7. The van der Waals surface area contributed by atoms with Crippen LogP contribution in [0.25, 0.3) is 0 Å². The summed E-state index contributed by atoms with van der Waals surface area (Å²) in [6.45, 7) is 0.757. The number of ether oxygens (including phenoxy) is 1. The molecule has 1 N–H and O–H groups in total. The molecule has 0 atom stereocenters. The number of anilines is 1. The lowest BCUT2D eigenvalue weighted by molar-refractivity contribution is 0.194. The largest absolute Gasteiger partial charge is 0.385 e. The Morgan fingerprint density at radius 3 is 2.68 bits per heavy atom. The number of rotatable bonds is 6. The van der Waals surface area contributed by atoms with E-state index in [0.717, 1.165) is 35.6 Å². The standard InChI is InChI=1S/C14H22BrN3O/c1-16-14-12(15)13(10-6-3-4-7-10)17-11(18-14)8-5-9-19-2/h10H,3-9H2,1-2H3,(H,16,17,18). The highest BCUT2D eigenvalue weighted by molar-refractivity contribution is 9.10.